The number of carbonyl (C=O) groups excluding carboxylic acids is 1. The highest BCUT2D eigenvalue weighted by Gasteiger charge is 2.14. The van der Waals surface area contributed by atoms with Crippen molar-refractivity contribution in [2.75, 3.05) is 45.1 Å². The second kappa shape index (κ2) is 10.5. The lowest BCUT2D eigenvalue weighted by Gasteiger charge is -2.26. The Labute approximate surface area is 191 Å². The Bertz CT molecular complexity index is 1050. The first kappa shape index (κ1) is 22.2. The van der Waals surface area contributed by atoms with Gasteiger partial charge in [-0.25, -0.2) is 4.98 Å². The van der Waals surface area contributed by atoms with Gasteiger partial charge in [-0.15, -0.1) is 11.3 Å². The number of aromatic nitrogens is 1. The monoisotopic (exact) mass is 458 g/mol. The van der Waals surface area contributed by atoms with E-state index in [1.165, 1.54) is 11.3 Å². The molecular weight excluding hydrogens is 432 g/mol. The van der Waals surface area contributed by atoms with E-state index in [1.54, 1.807) is 12.3 Å². The molecule has 0 amide bonds. The molecule has 1 aliphatic heterocycles. The fourth-order valence-electron chi connectivity index (χ4n) is 3.72. The number of fused-ring (bicyclic) bond motifs is 1. The van der Waals surface area contributed by atoms with Crippen LogP contribution in [0.3, 0.4) is 0 Å². The molecule has 1 aromatic carbocycles. The lowest BCUT2D eigenvalue weighted by Crippen LogP contribution is -2.40. The van der Waals surface area contributed by atoms with Crippen LogP contribution >= 0.6 is 22.9 Å². The zero-order valence-electron chi connectivity index (χ0n) is 17.4. The van der Waals surface area contributed by atoms with Crippen molar-refractivity contribution >= 4 is 45.3 Å². The van der Waals surface area contributed by atoms with Gasteiger partial charge in [0.25, 0.3) is 0 Å². The molecule has 1 aliphatic rings. The first-order valence-corrected chi connectivity index (χ1v) is 11.7. The molecule has 0 unspecified atom stereocenters. The number of benzene rings is 1. The molecule has 0 saturated carbocycles. The molecule has 0 radical (unpaired) electrons. The molecule has 0 bridgehead atoms. The molecule has 1 saturated heterocycles. The Kier molecular flexibility index (Phi) is 7.53. The quantitative estimate of drug-likeness (QED) is 0.375. The van der Waals surface area contributed by atoms with Gasteiger partial charge in [0, 0.05) is 55.6 Å². The minimum atomic E-state index is 0.126. The lowest BCUT2D eigenvalue weighted by molar-refractivity contribution is 0.0384. The van der Waals surface area contributed by atoms with Crippen LogP contribution in [0.15, 0.2) is 36.5 Å². The molecule has 0 atom stereocenters. The number of nitrogen functional groups attached to an aromatic ring is 1. The van der Waals surface area contributed by atoms with E-state index in [4.69, 9.17) is 22.1 Å². The smallest absolute Gasteiger partial charge is 0.173 e. The second-order valence-corrected chi connectivity index (χ2v) is 9.23. The number of ether oxygens (including phenoxy) is 1. The lowest BCUT2D eigenvalue weighted by atomic mass is 10.0. The summed E-state index contributed by atoms with van der Waals surface area (Å²) in [5, 5.41) is 6.09. The summed E-state index contributed by atoms with van der Waals surface area (Å²) in [5.74, 6) is 0.653. The molecule has 4 rings (SSSR count). The molecule has 164 valence electrons. The number of aryl methyl sites for hydroxylation is 1. The van der Waals surface area contributed by atoms with Crippen LogP contribution in [0.2, 0.25) is 5.02 Å². The van der Waals surface area contributed by atoms with Crippen LogP contribution < -0.4 is 11.1 Å². The van der Waals surface area contributed by atoms with Crippen molar-refractivity contribution in [2.24, 2.45) is 0 Å². The molecule has 0 aliphatic carbocycles. The van der Waals surface area contributed by atoms with Gasteiger partial charge in [0.15, 0.2) is 5.78 Å². The number of nitrogens with two attached hydrogens (primary N) is 1. The molecule has 6 nitrogen and oxygen atoms in total. The van der Waals surface area contributed by atoms with E-state index in [1.807, 2.05) is 18.2 Å². The number of pyridine rings is 1. The van der Waals surface area contributed by atoms with Crippen LogP contribution in [0.4, 0.5) is 5.82 Å². The standard InChI is InChI=1S/C23H27ClN4O2S/c24-19-14-21(31-22(19)15-26-7-8-28-9-11-30-12-10-28)20(29)4-2-16-1-3-18-17(13-16)5-6-27-23(18)25/h1,3,5-6,13-14,26H,2,4,7-12,15H2,(H2,25,27). The predicted octanol–water partition coefficient (Wildman–Crippen LogP) is 3.77. The van der Waals surface area contributed by atoms with Crippen LogP contribution in [0.25, 0.3) is 10.8 Å². The average Bonchev–Trinajstić information content (AvgIpc) is 3.16. The molecule has 1 fully saturated rings. The van der Waals surface area contributed by atoms with Gasteiger partial charge in [0.2, 0.25) is 0 Å². The summed E-state index contributed by atoms with van der Waals surface area (Å²) in [6.45, 7) is 6.16. The first-order chi connectivity index (χ1) is 15.1. The number of hydrogen-bond donors (Lipinski definition) is 2. The molecule has 3 N–H and O–H groups in total. The van der Waals surface area contributed by atoms with E-state index < -0.39 is 0 Å². The Hall–Kier alpha value is -2.03. The fourth-order valence-corrected chi connectivity index (χ4v) is 5.06. The molecule has 3 aromatic rings. The van der Waals surface area contributed by atoms with Crippen LogP contribution in [0.5, 0.6) is 0 Å². The molecule has 0 spiro atoms. The summed E-state index contributed by atoms with van der Waals surface area (Å²) in [4.78, 5) is 21.0. The second-order valence-electron chi connectivity index (χ2n) is 7.69. The van der Waals surface area contributed by atoms with Crippen molar-refractivity contribution in [2.45, 2.75) is 19.4 Å². The fraction of sp³-hybridized carbons (Fsp3) is 0.391. The number of morpholine rings is 1. The maximum absolute atomic E-state index is 12.7. The van der Waals surface area contributed by atoms with Crippen LogP contribution in [0.1, 0.15) is 26.5 Å². The number of halogens is 1. The highest BCUT2D eigenvalue weighted by molar-refractivity contribution is 7.14. The van der Waals surface area contributed by atoms with Gasteiger partial charge >= 0.3 is 0 Å². The Morgan fingerprint density at radius 1 is 1.26 bits per heavy atom. The van der Waals surface area contributed by atoms with Gasteiger partial charge in [0.05, 0.1) is 23.1 Å². The number of nitrogens with zero attached hydrogens (tertiary/aromatic N) is 2. The molecule has 3 heterocycles. The van der Waals surface area contributed by atoms with Crippen molar-refractivity contribution in [3.05, 3.63) is 56.9 Å². The number of nitrogens with one attached hydrogen (secondary N) is 1. The third-order valence-electron chi connectivity index (χ3n) is 5.53. The predicted molar refractivity (Wildman–Crippen MR) is 127 cm³/mol. The zero-order chi connectivity index (χ0) is 21.6. The maximum Gasteiger partial charge on any atom is 0.173 e. The number of ketones is 1. The summed E-state index contributed by atoms with van der Waals surface area (Å²) in [7, 11) is 0. The van der Waals surface area contributed by atoms with E-state index in [9.17, 15) is 4.79 Å². The van der Waals surface area contributed by atoms with Crippen molar-refractivity contribution < 1.29 is 9.53 Å². The van der Waals surface area contributed by atoms with Crippen LogP contribution in [0, 0.1) is 0 Å². The van der Waals surface area contributed by atoms with E-state index in [0.29, 0.717) is 30.2 Å². The summed E-state index contributed by atoms with van der Waals surface area (Å²) >= 11 is 7.88. The van der Waals surface area contributed by atoms with Gasteiger partial charge in [0.1, 0.15) is 5.82 Å². The Morgan fingerprint density at radius 2 is 2.10 bits per heavy atom. The maximum atomic E-state index is 12.7. The minimum absolute atomic E-state index is 0.126. The van der Waals surface area contributed by atoms with Crippen molar-refractivity contribution in [1.82, 2.24) is 15.2 Å². The van der Waals surface area contributed by atoms with Gasteiger partial charge in [-0.2, -0.15) is 0 Å². The zero-order valence-corrected chi connectivity index (χ0v) is 19.0. The first-order valence-electron chi connectivity index (χ1n) is 10.6. The van der Waals surface area contributed by atoms with Crippen molar-refractivity contribution in [3.63, 3.8) is 0 Å². The number of carbonyl (C=O) groups is 1. The minimum Gasteiger partial charge on any atom is -0.383 e. The molecule has 31 heavy (non-hydrogen) atoms. The SMILES string of the molecule is Nc1nccc2cc(CCC(=O)c3cc(Cl)c(CNCCN4CCOCC4)s3)ccc12. The Balaban J connectivity index is 1.28. The van der Waals surface area contributed by atoms with Crippen molar-refractivity contribution in [1.29, 1.82) is 0 Å². The van der Waals surface area contributed by atoms with Crippen LogP contribution in [-0.4, -0.2) is 55.1 Å². The highest BCUT2D eigenvalue weighted by Crippen LogP contribution is 2.28. The number of anilines is 1. The third kappa shape index (κ3) is 5.81. The summed E-state index contributed by atoms with van der Waals surface area (Å²) in [5.41, 5.74) is 7.02. The molecule has 8 heteroatoms. The van der Waals surface area contributed by atoms with E-state index >= 15 is 0 Å². The Morgan fingerprint density at radius 3 is 2.94 bits per heavy atom. The third-order valence-corrected chi connectivity index (χ3v) is 7.15. The van der Waals surface area contributed by atoms with Gasteiger partial charge in [-0.3, -0.25) is 9.69 Å². The summed E-state index contributed by atoms with van der Waals surface area (Å²) in [6.07, 6.45) is 2.84. The topological polar surface area (TPSA) is 80.5 Å². The average molecular weight is 459 g/mol. The molecule has 2 aromatic heterocycles. The van der Waals surface area contributed by atoms with E-state index in [0.717, 1.165) is 65.5 Å². The van der Waals surface area contributed by atoms with Gasteiger partial charge in [-0.1, -0.05) is 29.8 Å². The van der Waals surface area contributed by atoms with E-state index in [2.05, 4.69) is 21.3 Å². The van der Waals surface area contributed by atoms with Crippen molar-refractivity contribution in [3.8, 4) is 0 Å². The summed E-state index contributed by atoms with van der Waals surface area (Å²) in [6, 6.07) is 9.81. The normalized spacial score (nSPS) is 14.9. The number of rotatable bonds is 9. The van der Waals surface area contributed by atoms with Gasteiger partial charge in [-0.05, 0) is 29.5 Å². The highest BCUT2D eigenvalue weighted by atomic mass is 35.5. The van der Waals surface area contributed by atoms with E-state index in [-0.39, 0.29) is 5.78 Å². The largest absolute Gasteiger partial charge is 0.383 e. The number of thiophene rings is 1. The number of Topliss-reactive ketones (excluding diaryl/α,β-unsaturated/α-hetero) is 1. The van der Waals surface area contributed by atoms with Crippen LogP contribution in [-0.2, 0) is 17.7 Å². The molecular formula is C23H27ClN4O2S. The van der Waals surface area contributed by atoms with Gasteiger partial charge < -0.3 is 15.8 Å². The number of hydrogen-bond acceptors (Lipinski definition) is 7. The summed E-state index contributed by atoms with van der Waals surface area (Å²) < 4.78 is 5.37.